The van der Waals surface area contributed by atoms with Crippen LogP contribution >= 0.6 is 0 Å². The molecule has 162 valence electrons. The number of fused-ring (bicyclic) bond motifs is 3. The lowest BCUT2D eigenvalue weighted by atomic mass is 10.0. The molecule has 1 aromatic rings. The number of nitrogens with zero attached hydrogens (tertiary/aromatic N) is 5. The maximum absolute atomic E-state index is 13.6. The van der Waals surface area contributed by atoms with Crippen molar-refractivity contribution in [2.75, 3.05) is 27.3 Å². The molecule has 2 fully saturated rings. The summed E-state index contributed by atoms with van der Waals surface area (Å²) in [5.74, 6) is -0.173. The van der Waals surface area contributed by atoms with Crippen molar-refractivity contribution in [1.29, 1.82) is 0 Å². The molecule has 0 radical (unpaired) electrons. The maximum Gasteiger partial charge on any atom is 0.328 e. The number of nitrogens with one attached hydrogen (secondary N) is 1. The van der Waals surface area contributed by atoms with E-state index in [0.717, 1.165) is 16.8 Å². The summed E-state index contributed by atoms with van der Waals surface area (Å²) in [6, 6.07) is 7.11. The van der Waals surface area contributed by atoms with E-state index in [1.165, 1.54) is 4.90 Å². The maximum atomic E-state index is 13.6. The molecule has 4 rings (SSSR count). The van der Waals surface area contributed by atoms with Crippen LogP contribution in [0, 0.1) is 6.92 Å². The van der Waals surface area contributed by atoms with Crippen molar-refractivity contribution in [2.24, 2.45) is 5.10 Å². The van der Waals surface area contributed by atoms with E-state index in [9.17, 15) is 9.59 Å². The number of benzene rings is 1. The van der Waals surface area contributed by atoms with Gasteiger partial charge in [-0.15, -0.1) is 0 Å². The lowest BCUT2D eigenvalue weighted by molar-refractivity contribution is -0.140. The Hall–Kier alpha value is -2.49. The number of hydrazone groups is 1. The zero-order valence-corrected chi connectivity index (χ0v) is 18.2. The molecule has 9 heteroatoms. The predicted octanol–water partition coefficient (Wildman–Crippen LogP) is 0.999. The molecule has 3 amide bonds. The summed E-state index contributed by atoms with van der Waals surface area (Å²) in [5.41, 5.74) is 2.98. The number of imide groups is 1. The van der Waals surface area contributed by atoms with Crippen molar-refractivity contribution in [3.8, 4) is 0 Å². The van der Waals surface area contributed by atoms with Gasteiger partial charge in [0.1, 0.15) is 12.2 Å². The van der Waals surface area contributed by atoms with Crippen LogP contribution in [-0.2, 0) is 16.1 Å². The summed E-state index contributed by atoms with van der Waals surface area (Å²) in [5, 5.41) is 10.1. The van der Waals surface area contributed by atoms with Gasteiger partial charge in [0.2, 0.25) is 0 Å². The first-order valence-electron chi connectivity index (χ1n) is 10.3. The number of carbonyl (C=O) groups is 2. The fourth-order valence-corrected chi connectivity index (χ4v) is 4.54. The minimum atomic E-state index is -0.479. The molecule has 1 N–H and O–H groups in total. The van der Waals surface area contributed by atoms with Crippen LogP contribution in [0.1, 0.15) is 25.0 Å². The molecule has 3 aliphatic heterocycles. The molecule has 4 unspecified atom stereocenters. The Bertz CT molecular complexity index is 874. The second-order valence-corrected chi connectivity index (χ2v) is 8.26. The second kappa shape index (κ2) is 7.98. The Labute approximate surface area is 177 Å². The van der Waals surface area contributed by atoms with Gasteiger partial charge in [-0.25, -0.2) is 9.69 Å². The molecular formula is C21H30N6O3. The van der Waals surface area contributed by atoms with Gasteiger partial charge in [0.25, 0.3) is 5.91 Å². The van der Waals surface area contributed by atoms with Crippen molar-refractivity contribution in [1.82, 2.24) is 25.0 Å². The number of ether oxygens (including phenoxy) is 1. The summed E-state index contributed by atoms with van der Waals surface area (Å²) in [6.45, 7) is 7.41. The molecule has 4 atom stereocenters. The van der Waals surface area contributed by atoms with Crippen molar-refractivity contribution in [2.45, 2.75) is 51.9 Å². The SMILES string of the molecule is COCCN1N=C(C)C(C)N2C3C(=O)N(Cc4cccc(C)c4)C(=O)N(C)C3NC12. The first-order chi connectivity index (χ1) is 14.3. The standard InChI is InChI=1S/C21H30N6O3/c1-13-7-6-8-16(11-13)12-25-19(28)17-18(24(4)21(25)29)22-20-26(9-10-30-5)23-14(2)15(3)27(17)20/h6-8,11,15,17-18,20,22H,9-10,12H2,1-5H3. The van der Waals surface area contributed by atoms with Crippen LogP contribution in [0.5, 0.6) is 0 Å². The van der Waals surface area contributed by atoms with Crippen LogP contribution in [-0.4, -0.2) is 89.2 Å². The number of aryl methyl sites for hydroxylation is 1. The molecular weight excluding hydrogens is 384 g/mol. The van der Waals surface area contributed by atoms with Gasteiger partial charge >= 0.3 is 6.03 Å². The first-order valence-corrected chi connectivity index (χ1v) is 10.3. The second-order valence-electron chi connectivity index (χ2n) is 8.26. The Morgan fingerprint density at radius 2 is 2.00 bits per heavy atom. The highest BCUT2D eigenvalue weighted by molar-refractivity contribution is 6.01. The van der Waals surface area contributed by atoms with Crippen LogP contribution in [0.3, 0.4) is 0 Å². The van der Waals surface area contributed by atoms with E-state index >= 15 is 0 Å². The third-order valence-corrected chi connectivity index (χ3v) is 6.26. The molecule has 9 nitrogen and oxygen atoms in total. The molecule has 3 heterocycles. The average molecular weight is 415 g/mol. The number of likely N-dealkylation sites (N-methyl/N-ethyl adjacent to an activating group) is 1. The van der Waals surface area contributed by atoms with E-state index in [2.05, 4.69) is 17.1 Å². The first kappa shape index (κ1) is 20.8. The summed E-state index contributed by atoms with van der Waals surface area (Å²) in [6.07, 6.45) is -0.677. The monoisotopic (exact) mass is 414 g/mol. The summed E-state index contributed by atoms with van der Waals surface area (Å²) < 4.78 is 5.23. The van der Waals surface area contributed by atoms with Gasteiger partial charge in [-0.1, -0.05) is 29.8 Å². The van der Waals surface area contributed by atoms with Gasteiger partial charge in [0.05, 0.1) is 31.4 Å². The average Bonchev–Trinajstić information content (AvgIpc) is 3.12. The molecule has 0 bridgehead atoms. The molecule has 0 saturated carbocycles. The summed E-state index contributed by atoms with van der Waals surface area (Å²) in [4.78, 5) is 31.8. The number of hydrogen-bond donors (Lipinski definition) is 1. The lowest BCUT2D eigenvalue weighted by Crippen LogP contribution is -2.67. The van der Waals surface area contributed by atoms with E-state index in [0.29, 0.717) is 13.2 Å². The highest BCUT2D eigenvalue weighted by Gasteiger charge is 2.57. The molecule has 30 heavy (non-hydrogen) atoms. The number of hydrogen-bond acceptors (Lipinski definition) is 7. The van der Waals surface area contributed by atoms with Crippen LogP contribution < -0.4 is 5.32 Å². The molecule has 3 aliphatic rings. The molecule has 0 spiro atoms. The third kappa shape index (κ3) is 3.36. The van der Waals surface area contributed by atoms with Gasteiger partial charge in [0.15, 0.2) is 6.29 Å². The van der Waals surface area contributed by atoms with Crippen LogP contribution in [0.4, 0.5) is 4.79 Å². The minimum absolute atomic E-state index is 0.0253. The molecule has 0 aliphatic carbocycles. The van der Waals surface area contributed by atoms with E-state index in [1.807, 2.05) is 43.1 Å². The zero-order valence-electron chi connectivity index (χ0n) is 18.2. The van der Waals surface area contributed by atoms with Crippen molar-refractivity contribution < 1.29 is 14.3 Å². The van der Waals surface area contributed by atoms with E-state index in [-0.39, 0.29) is 30.8 Å². The van der Waals surface area contributed by atoms with Gasteiger partial charge in [-0.2, -0.15) is 5.10 Å². The van der Waals surface area contributed by atoms with Gasteiger partial charge in [0, 0.05) is 14.2 Å². The fraction of sp³-hybridized carbons (Fsp3) is 0.571. The Kier molecular flexibility index (Phi) is 5.52. The normalized spacial score (nSPS) is 29.2. The number of rotatable bonds is 5. The number of amides is 3. The van der Waals surface area contributed by atoms with Crippen molar-refractivity contribution in [3.63, 3.8) is 0 Å². The third-order valence-electron chi connectivity index (χ3n) is 6.26. The highest BCUT2D eigenvalue weighted by atomic mass is 16.5. The van der Waals surface area contributed by atoms with Crippen LogP contribution in [0.25, 0.3) is 0 Å². The minimum Gasteiger partial charge on any atom is -0.383 e. The van der Waals surface area contributed by atoms with E-state index < -0.39 is 12.2 Å². The molecule has 2 saturated heterocycles. The Morgan fingerprint density at radius 3 is 2.70 bits per heavy atom. The van der Waals surface area contributed by atoms with Gasteiger partial charge in [-0.3, -0.25) is 20.0 Å². The fourth-order valence-electron chi connectivity index (χ4n) is 4.54. The largest absolute Gasteiger partial charge is 0.383 e. The smallest absolute Gasteiger partial charge is 0.328 e. The van der Waals surface area contributed by atoms with Crippen LogP contribution in [0.2, 0.25) is 0 Å². The van der Waals surface area contributed by atoms with Crippen molar-refractivity contribution >= 4 is 17.6 Å². The van der Waals surface area contributed by atoms with Crippen molar-refractivity contribution in [3.05, 3.63) is 35.4 Å². The van der Waals surface area contributed by atoms with E-state index in [4.69, 9.17) is 9.84 Å². The number of methoxy groups -OCH3 is 1. The predicted molar refractivity (Wildman–Crippen MR) is 112 cm³/mol. The zero-order chi connectivity index (χ0) is 21.6. The lowest BCUT2D eigenvalue weighted by Gasteiger charge is -2.45. The van der Waals surface area contributed by atoms with E-state index in [1.54, 1.807) is 19.1 Å². The topological polar surface area (TPSA) is 80.7 Å². The number of urea groups is 1. The molecule has 1 aromatic carbocycles. The summed E-state index contributed by atoms with van der Waals surface area (Å²) >= 11 is 0. The quantitative estimate of drug-likeness (QED) is 0.774. The van der Waals surface area contributed by atoms with Gasteiger partial charge in [-0.05, 0) is 26.3 Å². The number of carbonyl (C=O) groups excluding carboxylic acids is 2. The highest BCUT2D eigenvalue weighted by Crippen LogP contribution is 2.33. The molecule has 0 aromatic heterocycles. The summed E-state index contributed by atoms with van der Waals surface area (Å²) in [7, 11) is 3.40. The Morgan fingerprint density at radius 1 is 1.23 bits per heavy atom. The van der Waals surface area contributed by atoms with Crippen LogP contribution in [0.15, 0.2) is 29.4 Å². The van der Waals surface area contributed by atoms with Gasteiger partial charge < -0.3 is 9.64 Å². The Balaban J connectivity index is 1.64.